The first-order valence-electron chi connectivity index (χ1n) is 4.63. The van der Waals surface area contributed by atoms with Crippen molar-refractivity contribution in [2.24, 2.45) is 0 Å². The molecule has 2 nitrogen and oxygen atoms in total. The predicted octanol–water partition coefficient (Wildman–Crippen LogP) is 2.11. The smallest absolute Gasteiger partial charge is 0.0842 e. The third-order valence-corrected chi connectivity index (χ3v) is 3.90. The lowest BCUT2D eigenvalue weighted by Crippen LogP contribution is -2.25. The van der Waals surface area contributed by atoms with Crippen LogP contribution in [0.4, 0.5) is 0 Å². The van der Waals surface area contributed by atoms with Crippen LogP contribution in [0.5, 0.6) is 0 Å². The molecular weight excluding hydrogens is 220 g/mol. The summed E-state index contributed by atoms with van der Waals surface area (Å²) in [4.78, 5) is 0.521. The van der Waals surface area contributed by atoms with Gasteiger partial charge in [0.25, 0.3) is 0 Å². The molecule has 2 rings (SSSR count). The fraction of sp³-hybridized carbons (Fsp3) is 1.00. The number of methoxy groups -OCH3 is 1. The average Bonchev–Trinajstić information content (AvgIpc) is 2.78. The van der Waals surface area contributed by atoms with Crippen molar-refractivity contribution in [3.05, 3.63) is 0 Å². The van der Waals surface area contributed by atoms with Crippen molar-refractivity contribution in [2.75, 3.05) is 7.11 Å². The topological polar surface area (TPSA) is 21.8 Å². The van der Waals surface area contributed by atoms with E-state index >= 15 is 0 Å². The van der Waals surface area contributed by atoms with Crippen molar-refractivity contribution >= 4 is 15.9 Å². The zero-order valence-corrected chi connectivity index (χ0v) is 8.92. The standard InChI is InChI=1S/C9H15BrO2/c1-11-7-4-5-9-8(12-9)3-2-6(7)10/h6-9H,2-5H2,1H3/t6-,7-,8-,9+/m1/s1. The van der Waals surface area contributed by atoms with Crippen molar-refractivity contribution in [1.82, 2.24) is 0 Å². The monoisotopic (exact) mass is 234 g/mol. The molecule has 0 aromatic carbocycles. The minimum atomic E-state index is 0.384. The number of halogens is 1. The van der Waals surface area contributed by atoms with Crippen LogP contribution in [-0.4, -0.2) is 30.2 Å². The maximum absolute atomic E-state index is 5.50. The van der Waals surface area contributed by atoms with Gasteiger partial charge in [-0.3, -0.25) is 0 Å². The molecule has 1 saturated heterocycles. The Balaban J connectivity index is 1.89. The highest BCUT2D eigenvalue weighted by molar-refractivity contribution is 9.09. The summed E-state index contributed by atoms with van der Waals surface area (Å²) in [6.07, 6.45) is 6.19. The highest BCUT2D eigenvalue weighted by Gasteiger charge is 2.41. The van der Waals surface area contributed by atoms with Gasteiger partial charge in [0.1, 0.15) is 0 Å². The lowest BCUT2D eigenvalue weighted by molar-refractivity contribution is 0.0879. The van der Waals surface area contributed by atoms with E-state index < -0.39 is 0 Å². The van der Waals surface area contributed by atoms with Crippen LogP contribution in [0.15, 0.2) is 0 Å². The number of alkyl halides is 1. The summed E-state index contributed by atoms with van der Waals surface area (Å²) >= 11 is 3.67. The van der Waals surface area contributed by atoms with Gasteiger partial charge in [-0.2, -0.15) is 0 Å². The second-order valence-electron chi connectivity index (χ2n) is 3.66. The van der Waals surface area contributed by atoms with Crippen molar-refractivity contribution < 1.29 is 9.47 Å². The van der Waals surface area contributed by atoms with Gasteiger partial charge < -0.3 is 9.47 Å². The Morgan fingerprint density at radius 2 is 1.83 bits per heavy atom. The van der Waals surface area contributed by atoms with Gasteiger partial charge in [0.05, 0.1) is 18.3 Å². The number of hydrogen-bond acceptors (Lipinski definition) is 2. The van der Waals surface area contributed by atoms with Crippen LogP contribution in [0.3, 0.4) is 0 Å². The van der Waals surface area contributed by atoms with Gasteiger partial charge in [-0.1, -0.05) is 15.9 Å². The fourth-order valence-corrected chi connectivity index (χ4v) is 2.72. The first kappa shape index (κ1) is 8.97. The summed E-state index contributed by atoms with van der Waals surface area (Å²) in [5.41, 5.74) is 0. The maximum Gasteiger partial charge on any atom is 0.0842 e. The van der Waals surface area contributed by atoms with Gasteiger partial charge in [-0.05, 0) is 25.7 Å². The first-order chi connectivity index (χ1) is 5.81. The Morgan fingerprint density at radius 1 is 1.17 bits per heavy atom. The Morgan fingerprint density at radius 3 is 2.50 bits per heavy atom. The molecule has 2 fully saturated rings. The van der Waals surface area contributed by atoms with Crippen LogP contribution < -0.4 is 0 Å². The Labute approximate surface area is 81.7 Å². The van der Waals surface area contributed by atoms with Gasteiger partial charge in [-0.15, -0.1) is 0 Å². The summed E-state index contributed by atoms with van der Waals surface area (Å²) < 4.78 is 10.9. The van der Waals surface area contributed by atoms with Gasteiger partial charge in [0.2, 0.25) is 0 Å². The van der Waals surface area contributed by atoms with Crippen LogP contribution >= 0.6 is 15.9 Å². The third-order valence-electron chi connectivity index (χ3n) is 2.86. The quantitative estimate of drug-likeness (QED) is 0.512. The number of ether oxygens (including phenoxy) is 2. The highest BCUT2D eigenvalue weighted by Crippen LogP contribution is 2.36. The van der Waals surface area contributed by atoms with Crippen LogP contribution in [0.1, 0.15) is 25.7 Å². The Bertz CT molecular complexity index is 163. The van der Waals surface area contributed by atoms with Crippen LogP contribution in [0, 0.1) is 0 Å². The summed E-state index contributed by atoms with van der Waals surface area (Å²) in [5.74, 6) is 0. The molecule has 0 aromatic rings. The second kappa shape index (κ2) is 3.64. The molecule has 0 radical (unpaired) electrons. The lowest BCUT2D eigenvalue weighted by Gasteiger charge is -2.22. The minimum Gasteiger partial charge on any atom is -0.380 e. The summed E-state index contributed by atoms with van der Waals surface area (Å²) in [7, 11) is 1.80. The molecule has 3 heteroatoms. The van der Waals surface area contributed by atoms with E-state index in [2.05, 4.69) is 15.9 Å². The molecule has 1 saturated carbocycles. The molecule has 0 spiro atoms. The number of hydrogen-bond donors (Lipinski definition) is 0. The van der Waals surface area contributed by atoms with Crippen molar-refractivity contribution in [3.63, 3.8) is 0 Å². The van der Waals surface area contributed by atoms with Gasteiger partial charge in [-0.25, -0.2) is 0 Å². The molecule has 0 aromatic heterocycles. The molecule has 70 valence electrons. The molecule has 12 heavy (non-hydrogen) atoms. The van der Waals surface area contributed by atoms with Crippen LogP contribution in [0.2, 0.25) is 0 Å². The van der Waals surface area contributed by atoms with E-state index in [1.165, 1.54) is 19.3 Å². The van der Waals surface area contributed by atoms with Crippen LogP contribution in [-0.2, 0) is 9.47 Å². The van der Waals surface area contributed by atoms with E-state index in [0.29, 0.717) is 23.1 Å². The van der Waals surface area contributed by atoms with E-state index in [1.54, 1.807) is 7.11 Å². The second-order valence-corrected chi connectivity index (χ2v) is 4.83. The van der Waals surface area contributed by atoms with Gasteiger partial charge in [0.15, 0.2) is 0 Å². The average molecular weight is 235 g/mol. The summed E-state index contributed by atoms with van der Waals surface area (Å²) in [6.45, 7) is 0. The molecule has 1 aliphatic carbocycles. The van der Waals surface area contributed by atoms with Crippen LogP contribution in [0.25, 0.3) is 0 Å². The molecule has 0 N–H and O–H groups in total. The first-order valence-corrected chi connectivity index (χ1v) is 5.55. The zero-order valence-electron chi connectivity index (χ0n) is 7.33. The van der Waals surface area contributed by atoms with Gasteiger partial charge in [0, 0.05) is 11.9 Å². The minimum absolute atomic E-state index is 0.384. The summed E-state index contributed by atoms with van der Waals surface area (Å²) in [5, 5.41) is 0. The fourth-order valence-electron chi connectivity index (χ4n) is 1.97. The van der Waals surface area contributed by atoms with Crippen molar-refractivity contribution in [3.8, 4) is 0 Å². The molecule has 0 bridgehead atoms. The summed E-state index contributed by atoms with van der Waals surface area (Å²) in [6, 6.07) is 0. The number of epoxide rings is 1. The Kier molecular flexibility index (Phi) is 2.72. The molecule has 0 amide bonds. The van der Waals surface area contributed by atoms with E-state index in [4.69, 9.17) is 9.47 Å². The predicted molar refractivity (Wildman–Crippen MR) is 50.6 cm³/mol. The van der Waals surface area contributed by atoms with Crippen molar-refractivity contribution in [1.29, 1.82) is 0 Å². The van der Waals surface area contributed by atoms with Gasteiger partial charge >= 0.3 is 0 Å². The molecule has 0 unspecified atom stereocenters. The van der Waals surface area contributed by atoms with E-state index in [9.17, 15) is 0 Å². The molecular formula is C9H15BrO2. The van der Waals surface area contributed by atoms with E-state index in [-0.39, 0.29) is 0 Å². The largest absolute Gasteiger partial charge is 0.380 e. The SMILES string of the molecule is CO[C@@H]1CC[C@@H]2O[C@@H]2CC[C@H]1Br. The number of fused-ring (bicyclic) bond motifs is 1. The molecule has 1 aliphatic heterocycles. The van der Waals surface area contributed by atoms with E-state index in [1.807, 2.05) is 0 Å². The number of rotatable bonds is 1. The lowest BCUT2D eigenvalue weighted by atomic mass is 9.98. The third kappa shape index (κ3) is 1.83. The molecule has 1 heterocycles. The normalized spacial score (nSPS) is 47.5. The Hall–Kier alpha value is 0.400. The zero-order chi connectivity index (χ0) is 8.55. The van der Waals surface area contributed by atoms with E-state index in [0.717, 1.165) is 6.42 Å². The highest BCUT2D eigenvalue weighted by atomic mass is 79.9. The van der Waals surface area contributed by atoms with Crippen molar-refractivity contribution in [2.45, 2.75) is 48.8 Å². The maximum atomic E-state index is 5.50. The molecule has 4 atom stereocenters. The molecule has 2 aliphatic rings.